The fourth-order valence-electron chi connectivity index (χ4n) is 1.78. The van der Waals surface area contributed by atoms with Gasteiger partial charge >= 0.3 is 0 Å². The van der Waals surface area contributed by atoms with Crippen LogP contribution in [0.2, 0.25) is 0 Å². The van der Waals surface area contributed by atoms with Gasteiger partial charge < -0.3 is 4.90 Å². The molecule has 2 rings (SSSR count). The number of hydrogen-bond donors (Lipinski definition) is 0. The minimum atomic E-state index is -2.86. The first kappa shape index (κ1) is 13.7. The maximum absolute atomic E-state index is 11.4. The molecule has 1 fully saturated rings. The van der Waals surface area contributed by atoms with Crippen LogP contribution in [0.3, 0.4) is 0 Å². The number of hydrogen-bond acceptors (Lipinski definition) is 5. The second-order valence-electron chi connectivity index (χ2n) is 4.70. The molecule has 0 spiro atoms. The number of anilines is 1. The van der Waals surface area contributed by atoms with E-state index in [1.165, 1.54) is 0 Å². The molecule has 1 saturated heterocycles. The Morgan fingerprint density at radius 2 is 1.89 bits per heavy atom. The standard InChI is InChI=1S/C11H16BrN3O2S/c1-8(2)11-13-9(12)7-10(14-11)15-3-5-18(16,17)6-4-15/h7-8H,3-6H2,1-2H3. The lowest BCUT2D eigenvalue weighted by atomic mass is 10.2. The van der Waals surface area contributed by atoms with Crippen LogP contribution in [-0.2, 0) is 9.84 Å². The van der Waals surface area contributed by atoms with Gasteiger partial charge in [-0.3, -0.25) is 0 Å². The van der Waals surface area contributed by atoms with E-state index in [9.17, 15) is 8.42 Å². The Kier molecular flexibility index (Phi) is 3.91. The molecule has 1 aliphatic rings. The number of sulfone groups is 1. The third-order valence-corrected chi connectivity index (χ3v) is 4.90. The topological polar surface area (TPSA) is 63.2 Å². The van der Waals surface area contributed by atoms with Gasteiger partial charge in [-0.25, -0.2) is 18.4 Å². The number of rotatable bonds is 2. The zero-order chi connectivity index (χ0) is 13.3. The van der Waals surface area contributed by atoms with Crippen LogP contribution in [0.25, 0.3) is 0 Å². The molecule has 0 atom stereocenters. The van der Waals surface area contributed by atoms with E-state index in [-0.39, 0.29) is 17.4 Å². The van der Waals surface area contributed by atoms with Crippen LogP contribution >= 0.6 is 15.9 Å². The Morgan fingerprint density at radius 3 is 2.44 bits per heavy atom. The zero-order valence-corrected chi connectivity index (χ0v) is 12.8. The summed E-state index contributed by atoms with van der Waals surface area (Å²) in [6.07, 6.45) is 0. The zero-order valence-electron chi connectivity index (χ0n) is 10.4. The maximum atomic E-state index is 11.4. The van der Waals surface area contributed by atoms with Crippen LogP contribution < -0.4 is 4.90 Å². The molecule has 0 radical (unpaired) electrons. The Hall–Kier alpha value is -0.690. The molecule has 100 valence electrons. The van der Waals surface area contributed by atoms with Gasteiger partial charge in [-0.2, -0.15) is 0 Å². The normalized spacial score (nSPS) is 19.2. The molecule has 0 bridgehead atoms. The molecule has 0 unspecified atom stereocenters. The van der Waals surface area contributed by atoms with Crippen molar-refractivity contribution in [2.24, 2.45) is 0 Å². The largest absolute Gasteiger partial charge is 0.354 e. The highest BCUT2D eigenvalue weighted by Gasteiger charge is 2.23. The minimum absolute atomic E-state index is 0.200. The highest BCUT2D eigenvalue weighted by molar-refractivity contribution is 9.10. The van der Waals surface area contributed by atoms with E-state index in [0.29, 0.717) is 13.1 Å². The minimum Gasteiger partial charge on any atom is -0.354 e. The third kappa shape index (κ3) is 3.20. The lowest BCUT2D eigenvalue weighted by molar-refractivity contribution is 0.586. The van der Waals surface area contributed by atoms with Crippen molar-refractivity contribution in [3.05, 3.63) is 16.5 Å². The Morgan fingerprint density at radius 1 is 1.28 bits per heavy atom. The summed E-state index contributed by atoms with van der Waals surface area (Å²) in [5, 5.41) is 0. The van der Waals surface area contributed by atoms with Crippen molar-refractivity contribution in [1.29, 1.82) is 0 Å². The predicted octanol–water partition coefficient (Wildman–Crippen LogP) is 1.60. The number of aromatic nitrogens is 2. The van der Waals surface area contributed by atoms with Gasteiger partial charge in [-0.05, 0) is 15.9 Å². The summed E-state index contributed by atoms with van der Waals surface area (Å²) in [6, 6.07) is 1.84. The Balaban J connectivity index is 2.24. The molecule has 5 nitrogen and oxygen atoms in total. The summed E-state index contributed by atoms with van der Waals surface area (Å²) in [5.41, 5.74) is 0. The molecule has 1 aromatic rings. The average Bonchev–Trinajstić information content (AvgIpc) is 2.28. The van der Waals surface area contributed by atoms with Crippen molar-refractivity contribution in [3.63, 3.8) is 0 Å². The smallest absolute Gasteiger partial charge is 0.153 e. The van der Waals surface area contributed by atoms with Crippen molar-refractivity contribution in [2.75, 3.05) is 29.5 Å². The highest BCUT2D eigenvalue weighted by Crippen LogP contribution is 2.21. The summed E-state index contributed by atoms with van der Waals surface area (Å²) in [4.78, 5) is 10.8. The van der Waals surface area contributed by atoms with E-state index in [0.717, 1.165) is 16.2 Å². The van der Waals surface area contributed by atoms with Crippen LogP contribution in [0.5, 0.6) is 0 Å². The Labute approximate surface area is 116 Å². The second kappa shape index (κ2) is 5.13. The summed E-state index contributed by atoms with van der Waals surface area (Å²) in [6.45, 7) is 5.07. The van der Waals surface area contributed by atoms with Crippen LogP contribution in [-0.4, -0.2) is 43.0 Å². The first-order valence-corrected chi connectivity index (χ1v) is 8.49. The molecule has 0 N–H and O–H groups in total. The van der Waals surface area contributed by atoms with Crippen LogP contribution in [0.1, 0.15) is 25.6 Å². The molecule has 2 heterocycles. The quantitative estimate of drug-likeness (QED) is 0.769. The van der Waals surface area contributed by atoms with E-state index in [4.69, 9.17) is 0 Å². The summed E-state index contributed by atoms with van der Waals surface area (Å²) in [7, 11) is -2.86. The first-order chi connectivity index (χ1) is 8.37. The van der Waals surface area contributed by atoms with Crippen molar-refractivity contribution in [2.45, 2.75) is 19.8 Å². The molecule has 18 heavy (non-hydrogen) atoms. The molecule has 1 aliphatic heterocycles. The number of nitrogens with zero attached hydrogens (tertiary/aromatic N) is 3. The van der Waals surface area contributed by atoms with E-state index in [1.807, 2.05) is 24.8 Å². The van der Waals surface area contributed by atoms with Crippen molar-refractivity contribution in [3.8, 4) is 0 Å². The summed E-state index contributed by atoms with van der Waals surface area (Å²) < 4.78 is 23.5. The summed E-state index contributed by atoms with van der Waals surface area (Å²) >= 11 is 3.37. The lowest BCUT2D eigenvalue weighted by Crippen LogP contribution is -2.40. The molecular formula is C11H16BrN3O2S. The van der Waals surface area contributed by atoms with Gasteiger partial charge in [-0.1, -0.05) is 13.8 Å². The van der Waals surface area contributed by atoms with Crippen molar-refractivity contribution < 1.29 is 8.42 Å². The van der Waals surface area contributed by atoms with Crippen LogP contribution in [0.15, 0.2) is 10.7 Å². The van der Waals surface area contributed by atoms with Gasteiger partial charge in [0.2, 0.25) is 0 Å². The number of halogens is 1. The molecule has 1 aromatic heterocycles. The van der Waals surface area contributed by atoms with Gasteiger partial charge in [0, 0.05) is 25.1 Å². The predicted molar refractivity (Wildman–Crippen MR) is 74.7 cm³/mol. The van der Waals surface area contributed by atoms with E-state index < -0.39 is 9.84 Å². The van der Waals surface area contributed by atoms with Gasteiger partial charge in [-0.15, -0.1) is 0 Å². The molecule has 0 saturated carbocycles. The third-order valence-electron chi connectivity index (χ3n) is 2.88. The molecular weight excluding hydrogens is 318 g/mol. The van der Waals surface area contributed by atoms with Gasteiger partial charge in [0.05, 0.1) is 11.5 Å². The first-order valence-electron chi connectivity index (χ1n) is 5.87. The lowest BCUT2D eigenvalue weighted by Gasteiger charge is -2.28. The van der Waals surface area contributed by atoms with E-state index in [1.54, 1.807) is 0 Å². The second-order valence-corrected chi connectivity index (χ2v) is 7.82. The molecule has 0 aromatic carbocycles. The van der Waals surface area contributed by atoms with Crippen molar-refractivity contribution >= 4 is 31.6 Å². The summed E-state index contributed by atoms with van der Waals surface area (Å²) in [5.74, 6) is 2.22. The molecule has 0 aliphatic carbocycles. The average molecular weight is 334 g/mol. The van der Waals surface area contributed by atoms with E-state index in [2.05, 4.69) is 25.9 Å². The van der Waals surface area contributed by atoms with Crippen LogP contribution in [0, 0.1) is 0 Å². The maximum Gasteiger partial charge on any atom is 0.153 e. The SMILES string of the molecule is CC(C)c1nc(Br)cc(N2CCS(=O)(=O)CC2)n1. The monoisotopic (exact) mass is 333 g/mol. The fourth-order valence-corrected chi connectivity index (χ4v) is 3.37. The molecule has 0 amide bonds. The molecule has 7 heteroatoms. The van der Waals surface area contributed by atoms with Gasteiger partial charge in [0.25, 0.3) is 0 Å². The fraction of sp³-hybridized carbons (Fsp3) is 0.636. The van der Waals surface area contributed by atoms with E-state index >= 15 is 0 Å². The highest BCUT2D eigenvalue weighted by atomic mass is 79.9. The Bertz CT molecular complexity index is 531. The van der Waals surface area contributed by atoms with Crippen molar-refractivity contribution in [1.82, 2.24) is 9.97 Å². The van der Waals surface area contributed by atoms with Gasteiger partial charge in [0.15, 0.2) is 9.84 Å². The van der Waals surface area contributed by atoms with Gasteiger partial charge in [0.1, 0.15) is 16.2 Å². The van der Waals surface area contributed by atoms with Crippen LogP contribution in [0.4, 0.5) is 5.82 Å².